The Labute approximate surface area is 182 Å². The second-order valence-electron chi connectivity index (χ2n) is 8.24. The van der Waals surface area contributed by atoms with Crippen LogP contribution in [-0.2, 0) is 4.79 Å². The lowest BCUT2D eigenvalue weighted by atomic mass is 9.69. The average Bonchev–Trinajstić information content (AvgIpc) is 2.99. The van der Waals surface area contributed by atoms with Gasteiger partial charge in [-0.1, -0.05) is 13.8 Å². The smallest absolute Gasteiger partial charge is 0.162 e. The summed E-state index contributed by atoms with van der Waals surface area (Å²) in [4.78, 5) is 21.5. The van der Waals surface area contributed by atoms with Crippen molar-refractivity contribution in [2.45, 2.75) is 39.5 Å². The number of nitrogens with two attached hydrogens (primary N) is 1. The molecule has 4 rings (SSSR count). The van der Waals surface area contributed by atoms with Crippen LogP contribution >= 0.6 is 27.3 Å². The number of rotatable bonds is 2. The van der Waals surface area contributed by atoms with Gasteiger partial charge in [-0.15, -0.1) is 11.3 Å². The SMILES string of the molecule is Cc1sc(C2C(C#N)=C(N)N(c3cccnc3)C3=C2C(=O)CC(C)(C)C3)cc1Br. The van der Waals surface area contributed by atoms with Gasteiger partial charge < -0.3 is 5.73 Å². The predicted octanol–water partition coefficient (Wildman–Crippen LogP) is 5.15. The summed E-state index contributed by atoms with van der Waals surface area (Å²) in [7, 11) is 0. The van der Waals surface area contributed by atoms with Crippen molar-refractivity contribution < 1.29 is 4.79 Å². The summed E-state index contributed by atoms with van der Waals surface area (Å²) in [5.41, 5.74) is 9.14. The lowest BCUT2D eigenvalue weighted by Gasteiger charge is -2.43. The first-order valence-corrected chi connectivity index (χ1v) is 11.0. The quantitative estimate of drug-likeness (QED) is 0.658. The second kappa shape index (κ2) is 7.12. The summed E-state index contributed by atoms with van der Waals surface area (Å²) in [6.07, 6.45) is 4.56. The molecule has 0 radical (unpaired) electrons. The van der Waals surface area contributed by atoms with E-state index in [9.17, 15) is 10.1 Å². The number of halogens is 1. The van der Waals surface area contributed by atoms with Crippen LogP contribution in [0.3, 0.4) is 0 Å². The van der Waals surface area contributed by atoms with Gasteiger partial charge in [-0.3, -0.25) is 14.7 Å². The molecule has 3 heterocycles. The largest absolute Gasteiger partial charge is 0.384 e. The Hall–Kier alpha value is -2.43. The monoisotopic (exact) mass is 468 g/mol. The summed E-state index contributed by atoms with van der Waals surface area (Å²) < 4.78 is 0.980. The van der Waals surface area contributed by atoms with Gasteiger partial charge in [-0.25, -0.2) is 0 Å². The highest BCUT2D eigenvalue weighted by Crippen LogP contribution is 2.51. The van der Waals surface area contributed by atoms with Crippen molar-refractivity contribution in [2.75, 3.05) is 4.90 Å². The molecule has 1 unspecified atom stereocenters. The van der Waals surface area contributed by atoms with Gasteiger partial charge in [0.25, 0.3) is 0 Å². The molecule has 148 valence electrons. The molecule has 1 aliphatic heterocycles. The number of nitriles is 1. The molecule has 1 atom stereocenters. The third kappa shape index (κ3) is 3.30. The van der Waals surface area contributed by atoms with E-state index in [0.717, 1.165) is 25.6 Å². The molecule has 2 aromatic heterocycles. The third-order valence-corrected chi connectivity index (χ3v) is 7.65. The highest BCUT2D eigenvalue weighted by atomic mass is 79.9. The Morgan fingerprint density at radius 2 is 2.17 bits per heavy atom. The van der Waals surface area contributed by atoms with Crippen molar-refractivity contribution in [3.05, 3.63) is 67.5 Å². The van der Waals surface area contributed by atoms with Gasteiger partial charge in [0.05, 0.1) is 29.4 Å². The molecule has 7 heteroatoms. The van der Waals surface area contributed by atoms with Crippen LogP contribution in [0.5, 0.6) is 0 Å². The van der Waals surface area contributed by atoms with E-state index in [1.165, 1.54) is 0 Å². The number of aromatic nitrogens is 1. The number of hydrogen-bond donors (Lipinski definition) is 1. The maximum Gasteiger partial charge on any atom is 0.162 e. The number of ketones is 1. The Balaban J connectivity index is 2.00. The summed E-state index contributed by atoms with van der Waals surface area (Å²) in [6.45, 7) is 6.20. The number of carbonyl (C=O) groups is 1. The predicted molar refractivity (Wildman–Crippen MR) is 118 cm³/mol. The van der Waals surface area contributed by atoms with Crippen molar-refractivity contribution in [1.82, 2.24) is 4.98 Å². The van der Waals surface area contributed by atoms with Gasteiger partial charge in [0.2, 0.25) is 0 Å². The van der Waals surface area contributed by atoms with Crippen LogP contribution in [0, 0.1) is 23.7 Å². The molecular weight excluding hydrogens is 448 g/mol. The summed E-state index contributed by atoms with van der Waals surface area (Å²) >= 11 is 5.16. The lowest BCUT2D eigenvalue weighted by Crippen LogP contribution is -2.42. The Bertz CT molecular complexity index is 1090. The number of anilines is 1. The fourth-order valence-electron chi connectivity index (χ4n) is 4.20. The topological polar surface area (TPSA) is 83.0 Å². The molecule has 1 aliphatic carbocycles. The Kier molecular flexibility index (Phi) is 4.88. The molecule has 0 spiro atoms. The van der Waals surface area contributed by atoms with Gasteiger partial charge >= 0.3 is 0 Å². The number of hydrogen-bond acceptors (Lipinski definition) is 6. The molecule has 0 bridgehead atoms. The van der Waals surface area contributed by atoms with Crippen LogP contribution < -0.4 is 10.6 Å². The van der Waals surface area contributed by atoms with E-state index in [1.807, 2.05) is 30.0 Å². The number of carbonyl (C=O) groups excluding carboxylic acids is 1. The molecule has 0 saturated carbocycles. The van der Waals surface area contributed by atoms with E-state index in [1.54, 1.807) is 23.7 Å². The molecule has 0 amide bonds. The Morgan fingerprint density at radius 1 is 1.41 bits per heavy atom. The van der Waals surface area contributed by atoms with Gasteiger partial charge in [0.1, 0.15) is 5.82 Å². The van der Waals surface area contributed by atoms with Gasteiger partial charge in [0.15, 0.2) is 5.78 Å². The molecule has 2 aliphatic rings. The minimum Gasteiger partial charge on any atom is -0.384 e. The van der Waals surface area contributed by atoms with Crippen molar-refractivity contribution in [3.8, 4) is 6.07 Å². The zero-order valence-electron chi connectivity index (χ0n) is 16.5. The normalized spacial score (nSPS) is 21.3. The first-order valence-electron chi connectivity index (χ1n) is 9.35. The highest BCUT2D eigenvalue weighted by molar-refractivity contribution is 9.10. The van der Waals surface area contributed by atoms with E-state index in [2.05, 4.69) is 40.8 Å². The molecular formula is C22H21BrN4OS. The molecule has 2 aromatic rings. The number of pyridine rings is 1. The van der Waals surface area contributed by atoms with Gasteiger partial charge in [-0.05, 0) is 52.9 Å². The molecule has 5 nitrogen and oxygen atoms in total. The molecule has 0 aromatic carbocycles. The number of nitrogens with zero attached hydrogens (tertiary/aromatic N) is 3. The van der Waals surface area contributed by atoms with Crippen LogP contribution in [0.2, 0.25) is 0 Å². The average molecular weight is 469 g/mol. The summed E-state index contributed by atoms with van der Waals surface area (Å²) in [5.74, 6) is 0.0241. The van der Waals surface area contributed by atoms with E-state index < -0.39 is 5.92 Å². The first-order chi connectivity index (χ1) is 13.7. The summed E-state index contributed by atoms with van der Waals surface area (Å²) in [6, 6.07) is 8.04. The minimum absolute atomic E-state index is 0.0811. The van der Waals surface area contributed by atoms with E-state index >= 15 is 0 Å². The van der Waals surface area contributed by atoms with Crippen LogP contribution in [0.1, 0.15) is 42.4 Å². The fourth-order valence-corrected chi connectivity index (χ4v) is 5.88. The number of aryl methyl sites for hydroxylation is 1. The zero-order valence-corrected chi connectivity index (χ0v) is 18.9. The Morgan fingerprint density at radius 3 is 2.76 bits per heavy atom. The van der Waals surface area contributed by atoms with Crippen LogP contribution in [0.4, 0.5) is 5.69 Å². The third-order valence-electron chi connectivity index (χ3n) is 5.45. The van der Waals surface area contributed by atoms with Crippen LogP contribution in [0.25, 0.3) is 0 Å². The van der Waals surface area contributed by atoms with Crippen molar-refractivity contribution in [2.24, 2.45) is 11.1 Å². The molecule has 0 fully saturated rings. The van der Waals surface area contributed by atoms with Crippen LogP contribution in [0.15, 0.2) is 57.7 Å². The first kappa shape index (κ1) is 19.9. The van der Waals surface area contributed by atoms with Crippen LogP contribution in [-0.4, -0.2) is 10.8 Å². The standard InChI is InChI=1S/C22H21BrN4OS/c1-12-15(23)7-18(29-12)19-14(10-24)21(25)27(13-5-4-6-26-11-13)16-8-22(2,3)9-17(28)20(16)19/h4-7,11,19H,8-9,25H2,1-3H3. The highest BCUT2D eigenvalue weighted by Gasteiger charge is 2.45. The zero-order chi connectivity index (χ0) is 20.9. The van der Waals surface area contributed by atoms with Gasteiger partial charge in [-0.2, -0.15) is 5.26 Å². The lowest BCUT2D eigenvalue weighted by molar-refractivity contribution is -0.118. The minimum atomic E-state index is -0.429. The van der Waals surface area contributed by atoms with Gasteiger partial charge in [0, 0.05) is 38.1 Å². The summed E-state index contributed by atoms with van der Waals surface area (Å²) in [5, 5.41) is 10.0. The van der Waals surface area contributed by atoms with E-state index in [-0.39, 0.29) is 11.2 Å². The van der Waals surface area contributed by atoms with Crippen molar-refractivity contribution >= 4 is 38.7 Å². The molecule has 29 heavy (non-hydrogen) atoms. The van der Waals surface area contributed by atoms with Crippen molar-refractivity contribution in [3.63, 3.8) is 0 Å². The molecule has 0 saturated heterocycles. The maximum absolute atomic E-state index is 13.4. The van der Waals surface area contributed by atoms with E-state index in [4.69, 9.17) is 5.73 Å². The second-order valence-corrected chi connectivity index (χ2v) is 10.4. The number of Topliss-reactive ketones (excluding diaryl/α,β-unsaturated/α-hetero) is 1. The number of allylic oxidation sites excluding steroid dienone is 3. The number of thiophene rings is 1. The van der Waals surface area contributed by atoms with E-state index in [0.29, 0.717) is 29.8 Å². The van der Waals surface area contributed by atoms with Crippen molar-refractivity contribution in [1.29, 1.82) is 5.26 Å². The fraction of sp³-hybridized carbons (Fsp3) is 0.318. The maximum atomic E-state index is 13.4. The molecule has 2 N–H and O–H groups in total.